The largest absolute Gasteiger partial charge is 0.465 e. The van der Waals surface area contributed by atoms with E-state index in [0.717, 1.165) is 11.1 Å². The van der Waals surface area contributed by atoms with Crippen LogP contribution in [-0.4, -0.2) is 31.2 Å². The molecule has 1 N–H and O–H groups in total. The van der Waals surface area contributed by atoms with E-state index in [9.17, 15) is 14.4 Å². The second-order valence-electron chi connectivity index (χ2n) is 6.89. The number of carbonyl (C=O) groups is 3. The third-order valence-electron chi connectivity index (χ3n) is 4.57. The number of alkyl carbamates (subject to hydrolysis) is 1. The van der Waals surface area contributed by atoms with Crippen molar-refractivity contribution in [2.75, 3.05) is 7.11 Å². The lowest BCUT2D eigenvalue weighted by Crippen LogP contribution is -2.44. The second kappa shape index (κ2) is 11.3. The summed E-state index contributed by atoms with van der Waals surface area (Å²) in [5.41, 5.74) is 2.00. The van der Waals surface area contributed by atoms with Gasteiger partial charge in [-0.2, -0.15) is 0 Å². The van der Waals surface area contributed by atoms with Crippen LogP contribution in [0, 0.1) is 0 Å². The first-order valence-electron chi connectivity index (χ1n) is 9.96. The van der Waals surface area contributed by atoms with E-state index in [1.807, 2.05) is 60.7 Å². The molecule has 7 heteroatoms. The zero-order valence-corrected chi connectivity index (χ0v) is 17.5. The summed E-state index contributed by atoms with van der Waals surface area (Å²) >= 11 is 0. The van der Waals surface area contributed by atoms with Crippen molar-refractivity contribution in [2.45, 2.75) is 19.1 Å². The molecule has 3 aromatic rings. The van der Waals surface area contributed by atoms with Crippen LogP contribution >= 0.6 is 0 Å². The van der Waals surface area contributed by atoms with Crippen LogP contribution in [0.15, 0.2) is 84.9 Å². The van der Waals surface area contributed by atoms with Crippen LogP contribution in [0.1, 0.15) is 21.5 Å². The number of rotatable bonds is 8. The zero-order chi connectivity index (χ0) is 22.8. The molecule has 1 amide bonds. The Morgan fingerprint density at radius 2 is 1.41 bits per heavy atom. The number of esters is 2. The second-order valence-corrected chi connectivity index (χ2v) is 6.89. The van der Waals surface area contributed by atoms with Crippen LogP contribution in [-0.2, 0) is 27.3 Å². The molecule has 0 radical (unpaired) electrons. The first-order chi connectivity index (χ1) is 15.5. The molecular formula is C25H23NO6. The van der Waals surface area contributed by atoms with Crippen molar-refractivity contribution in [3.8, 4) is 5.75 Å². The van der Waals surface area contributed by atoms with Gasteiger partial charge in [-0.25, -0.2) is 14.4 Å². The summed E-state index contributed by atoms with van der Waals surface area (Å²) in [5, 5.41) is 2.58. The lowest BCUT2D eigenvalue weighted by molar-refractivity contribution is -0.136. The summed E-state index contributed by atoms with van der Waals surface area (Å²) in [6.45, 7) is 0.0781. The number of benzene rings is 3. The minimum absolute atomic E-state index is 0.0781. The highest BCUT2D eigenvalue weighted by molar-refractivity contribution is 5.89. The van der Waals surface area contributed by atoms with E-state index in [0.29, 0.717) is 5.56 Å². The van der Waals surface area contributed by atoms with Crippen molar-refractivity contribution in [1.82, 2.24) is 5.32 Å². The van der Waals surface area contributed by atoms with Crippen LogP contribution < -0.4 is 10.1 Å². The van der Waals surface area contributed by atoms with Gasteiger partial charge in [0.1, 0.15) is 18.4 Å². The summed E-state index contributed by atoms with van der Waals surface area (Å²) in [5.74, 6) is -0.913. The Labute approximate surface area is 185 Å². The van der Waals surface area contributed by atoms with Crippen LogP contribution in [0.2, 0.25) is 0 Å². The molecule has 3 aromatic carbocycles. The zero-order valence-electron chi connectivity index (χ0n) is 17.5. The summed E-state index contributed by atoms with van der Waals surface area (Å²) < 4.78 is 15.3. The molecule has 3 rings (SSSR count). The topological polar surface area (TPSA) is 90.9 Å². The summed E-state index contributed by atoms with van der Waals surface area (Å²) in [6.07, 6.45) is -0.506. The van der Waals surface area contributed by atoms with Crippen molar-refractivity contribution in [2.24, 2.45) is 0 Å². The number of amides is 1. The van der Waals surface area contributed by atoms with E-state index in [-0.39, 0.29) is 18.8 Å². The molecule has 1 unspecified atom stereocenters. The molecule has 0 saturated heterocycles. The highest BCUT2D eigenvalue weighted by Gasteiger charge is 2.24. The highest BCUT2D eigenvalue weighted by Crippen LogP contribution is 2.15. The first kappa shape index (κ1) is 22.6. The molecule has 164 valence electrons. The average Bonchev–Trinajstić information content (AvgIpc) is 2.83. The van der Waals surface area contributed by atoms with Gasteiger partial charge in [0, 0.05) is 6.42 Å². The molecule has 0 fully saturated rings. The predicted molar refractivity (Wildman–Crippen MR) is 117 cm³/mol. The average molecular weight is 433 g/mol. The highest BCUT2D eigenvalue weighted by atomic mass is 16.6. The number of nitrogens with one attached hydrogen (secondary N) is 1. The van der Waals surface area contributed by atoms with E-state index in [1.165, 1.54) is 31.4 Å². The number of hydrogen-bond acceptors (Lipinski definition) is 6. The van der Waals surface area contributed by atoms with Gasteiger partial charge < -0.3 is 19.5 Å². The molecule has 0 aliphatic rings. The molecule has 0 heterocycles. The molecular weight excluding hydrogens is 410 g/mol. The lowest BCUT2D eigenvalue weighted by Gasteiger charge is -2.18. The Morgan fingerprint density at radius 3 is 2.00 bits per heavy atom. The first-order valence-corrected chi connectivity index (χ1v) is 9.96. The van der Waals surface area contributed by atoms with Crippen LogP contribution in [0.3, 0.4) is 0 Å². The Balaban J connectivity index is 1.66. The predicted octanol–water partition coefficient (Wildman–Crippen LogP) is 3.92. The number of ether oxygens (including phenoxy) is 3. The number of carbonyl (C=O) groups excluding carboxylic acids is 3. The van der Waals surface area contributed by atoms with Crippen molar-refractivity contribution in [1.29, 1.82) is 0 Å². The van der Waals surface area contributed by atoms with Gasteiger partial charge in [0.05, 0.1) is 12.7 Å². The van der Waals surface area contributed by atoms with Gasteiger partial charge in [0.15, 0.2) is 0 Å². The summed E-state index contributed by atoms with van der Waals surface area (Å²) in [7, 11) is 1.28. The Bertz CT molecular complexity index is 1040. The van der Waals surface area contributed by atoms with E-state index >= 15 is 0 Å². The molecule has 1 atom stereocenters. The smallest absolute Gasteiger partial charge is 0.408 e. The fraction of sp³-hybridized carbons (Fsp3) is 0.160. The monoisotopic (exact) mass is 433 g/mol. The quantitative estimate of drug-likeness (QED) is 0.428. The molecule has 7 nitrogen and oxygen atoms in total. The van der Waals surface area contributed by atoms with Gasteiger partial charge in [0.2, 0.25) is 0 Å². The van der Waals surface area contributed by atoms with Gasteiger partial charge in [-0.3, -0.25) is 0 Å². The minimum atomic E-state index is -0.971. The van der Waals surface area contributed by atoms with Gasteiger partial charge in [-0.15, -0.1) is 0 Å². The maximum Gasteiger partial charge on any atom is 0.408 e. The number of methoxy groups -OCH3 is 1. The van der Waals surface area contributed by atoms with Gasteiger partial charge in [0.25, 0.3) is 0 Å². The third kappa shape index (κ3) is 6.70. The molecule has 0 spiro atoms. The van der Waals surface area contributed by atoms with Gasteiger partial charge >= 0.3 is 18.0 Å². The molecule has 0 aromatic heterocycles. The van der Waals surface area contributed by atoms with Gasteiger partial charge in [-0.05, 0) is 35.4 Å². The fourth-order valence-electron chi connectivity index (χ4n) is 2.91. The van der Waals surface area contributed by atoms with Crippen LogP contribution in [0.5, 0.6) is 5.75 Å². The van der Waals surface area contributed by atoms with E-state index < -0.39 is 24.1 Å². The Hall–Kier alpha value is -4.13. The van der Waals surface area contributed by atoms with E-state index in [2.05, 4.69) is 10.1 Å². The minimum Gasteiger partial charge on any atom is -0.465 e. The molecule has 0 bridgehead atoms. The molecule has 0 aliphatic heterocycles. The number of hydrogen-bond donors (Lipinski definition) is 1. The van der Waals surface area contributed by atoms with Crippen LogP contribution in [0.4, 0.5) is 4.79 Å². The SMILES string of the molecule is COC(=O)c1ccc(OC(=O)C(Cc2ccccc2)NC(=O)OCc2ccccc2)cc1. The summed E-state index contributed by atoms with van der Waals surface area (Å²) in [4.78, 5) is 36.7. The molecule has 32 heavy (non-hydrogen) atoms. The summed E-state index contributed by atoms with van der Waals surface area (Å²) in [6, 6.07) is 23.4. The van der Waals surface area contributed by atoms with Crippen molar-refractivity contribution in [3.05, 3.63) is 102 Å². The normalized spacial score (nSPS) is 11.2. The molecule has 0 aliphatic carbocycles. The molecule has 0 saturated carbocycles. The van der Waals surface area contributed by atoms with Crippen molar-refractivity contribution in [3.63, 3.8) is 0 Å². The Kier molecular flexibility index (Phi) is 7.97. The van der Waals surface area contributed by atoms with Crippen molar-refractivity contribution >= 4 is 18.0 Å². The Morgan fingerprint density at radius 1 is 0.812 bits per heavy atom. The lowest BCUT2D eigenvalue weighted by atomic mass is 10.1. The van der Waals surface area contributed by atoms with E-state index in [1.54, 1.807) is 0 Å². The maximum atomic E-state index is 12.8. The maximum absolute atomic E-state index is 12.8. The van der Waals surface area contributed by atoms with E-state index in [4.69, 9.17) is 9.47 Å². The third-order valence-corrected chi connectivity index (χ3v) is 4.57. The standard InChI is InChI=1S/C25H23NO6/c1-30-23(27)20-12-14-21(15-13-20)32-24(28)22(16-18-8-4-2-5-9-18)26-25(29)31-17-19-10-6-3-7-11-19/h2-15,22H,16-17H2,1H3,(H,26,29). The fourth-order valence-corrected chi connectivity index (χ4v) is 2.91. The van der Waals surface area contributed by atoms with Gasteiger partial charge in [-0.1, -0.05) is 60.7 Å². The van der Waals surface area contributed by atoms with Crippen molar-refractivity contribution < 1.29 is 28.6 Å². The van der Waals surface area contributed by atoms with Crippen LogP contribution in [0.25, 0.3) is 0 Å².